The lowest BCUT2D eigenvalue weighted by Crippen LogP contribution is -2.23. The number of aromatic amines is 1. The highest BCUT2D eigenvalue weighted by Crippen LogP contribution is 2.11. The van der Waals surface area contributed by atoms with Gasteiger partial charge in [0.15, 0.2) is 0 Å². The van der Waals surface area contributed by atoms with Crippen LogP contribution in [-0.2, 0) is 16.6 Å². The number of aryl methyl sites for hydroxylation is 1. The Balaban J connectivity index is 2.11. The minimum atomic E-state index is -3.60. The molecule has 0 aliphatic rings. The molecular weight excluding hydrogens is 268 g/mol. The summed E-state index contributed by atoms with van der Waals surface area (Å²) in [4.78, 5) is 3.93. The summed E-state index contributed by atoms with van der Waals surface area (Å²) in [7, 11) is -3.60. The minimum absolute atomic E-state index is 0.0765. The fourth-order valence-electron chi connectivity index (χ4n) is 1.43. The molecule has 0 saturated heterocycles. The SMILES string of the molecule is Cc1[nH]ncc1CNS(=O)(=O)c1ccc(NN)nc1. The van der Waals surface area contributed by atoms with Crippen LogP contribution in [-0.4, -0.2) is 23.6 Å². The molecule has 0 radical (unpaired) electrons. The first-order valence-corrected chi connectivity index (χ1v) is 6.92. The van der Waals surface area contributed by atoms with E-state index < -0.39 is 10.0 Å². The Morgan fingerprint density at radius 2 is 2.16 bits per heavy atom. The fourth-order valence-corrected chi connectivity index (χ4v) is 2.39. The number of nitrogens with zero attached hydrogens (tertiary/aromatic N) is 2. The number of pyridine rings is 1. The second kappa shape index (κ2) is 5.34. The van der Waals surface area contributed by atoms with E-state index in [1.807, 2.05) is 6.92 Å². The maximum absolute atomic E-state index is 12.0. The predicted molar refractivity (Wildman–Crippen MR) is 69.4 cm³/mol. The third-order valence-corrected chi connectivity index (χ3v) is 3.97. The van der Waals surface area contributed by atoms with Crippen LogP contribution in [0.1, 0.15) is 11.3 Å². The van der Waals surface area contributed by atoms with Gasteiger partial charge in [0.1, 0.15) is 10.7 Å². The van der Waals surface area contributed by atoms with Gasteiger partial charge in [0.05, 0.1) is 6.20 Å². The van der Waals surface area contributed by atoms with Crippen molar-refractivity contribution in [2.75, 3.05) is 5.43 Å². The molecule has 9 heteroatoms. The molecular formula is C10H14N6O2S. The quantitative estimate of drug-likeness (QED) is 0.447. The third-order valence-electron chi connectivity index (χ3n) is 2.58. The smallest absolute Gasteiger partial charge is 0.242 e. The van der Waals surface area contributed by atoms with Crippen molar-refractivity contribution in [2.24, 2.45) is 5.84 Å². The summed E-state index contributed by atoms with van der Waals surface area (Å²) in [6.45, 7) is 1.99. The molecule has 0 aliphatic carbocycles. The van der Waals surface area contributed by atoms with Crippen molar-refractivity contribution in [3.63, 3.8) is 0 Å². The van der Waals surface area contributed by atoms with Crippen molar-refractivity contribution in [1.82, 2.24) is 19.9 Å². The fraction of sp³-hybridized carbons (Fsp3) is 0.200. The van der Waals surface area contributed by atoms with Crippen LogP contribution >= 0.6 is 0 Å². The Hall–Kier alpha value is -1.97. The van der Waals surface area contributed by atoms with Crippen molar-refractivity contribution < 1.29 is 8.42 Å². The minimum Gasteiger partial charge on any atom is -0.308 e. The van der Waals surface area contributed by atoms with Gasteiger partial charge in [0.2, 0.25) is 10.0 Å². The molecule has 2 aromatic rings. The van der Waals surface area contributed by atoms with Gasteiger partial charge in [-0.05, 0) is 19.1 Å². The summed E-state index contributed by atoms with van der Waals surface area (Å²) in [6.07, 6.45) is 2.82. The number of hydrogen-bond donors (Lipinski definition) is 4. The van der Waals surface area contributed by atoms with Crippen LogP contribution in [0.2, 0.25) is 0 Å². The highest BCUT2D eigenvalue weighted by Gasteiger charge is 2.15. The molecule has 0 unspecified atom stereocenters. The zero-order chi connectivity index (χ0) is 13.9. The average Bonchev–Trinajstić information content (AvgIpc) is 2.82. The van der Waals surface area contributed by atoms with Crippen LogP contribution in [0.25, 0.3) is 0 Å². The zero-order valence-corrected chi connectivity index (χ0v) is 11.0. The molecule has 0 aromatic carbocycles. The first-order valence-electron chi connectivity index (χ1n) is 5.44. The molecule has 0 saturated carbocycles. The van der Waals surface area contributed by atoms with Gasteiger partial charge >= 0.3 is 0 Å². The number of nitrogens with one attached hydrogen (secondary N) is 3. The third kappa shape index (κ3) is 3.08. The van der Waals surface area contributed by atoms with E-state index in [2.05, 4.69) is 25.3 Å². The Morgan fingerprint density at radius 3 is 2.68 bits per heavy atom. The first-order chi connectivity index (χ1) is 9.03. The van der Waals surface area contributed by atoms with Crippen LogP contribution in [0.4, 0.5) is 5.82 Å². The lowest BCUT2D eigenvalue weighted by molar-refractivity contribution is 0.581. The van der Waals surface area contributed by atoms with E-state index in [-0.39, 0.29) is 11.4 Å². The maximum Gasteiger partial charge on any atom is 0.242 e. The van der Waals surface area contributed by atoms with E-state index in [1.54, 1.807) is 6.20 Å². The van der Waals surface area contributed by atoms with Gasteiger partial charge in [0, 0.05) is 24.0 Å². The molecule has 2 heterocycles. The molecule has 2 aromatic heterocycles. The van der Waals surface area contributed by atoms with Gasteiger partial charge in [-0.1, -0.05) is 0 Å². The molecule has 0 bridgehead atoms. The van der Waals surface area contributed by atoms with E-state index in [0.717, 1.165) is 11.3 Å². The van der Waals surface area contributed by atoms with Crippen LogP contribution < -0.4 is 16.0 Å². The van der Waals surface area contributed by atoms with E-state index in [0.29, 0.717) is 5.82 Å². The number of anilines is 1. The lowest BCUT2D eigenvalue weighted by Gasteiger charge is -2.06. The number of rotatable bonds is 5. The second-order valence-electron chi connectivity index (χ2n) is 3.87. The summed E-state index contributed by atoms with van der Waals surface area (Å²) in [6, 6.07) is 2.91. The number of nitrogen functional groups attached to an aromatic ring is 1. The van der Waals surface area contributed by atoms with Gasteiger partial charge in [-0.25, -0.2) is 24.0 Å². The maximum atomic E-state index is 12.0. The monoisotopic (exact) mass is 282 g/mol. The Bertz CT molecular complexity index is 649. The van der Waals surface area contributed by atoms with Crippen LogP contribution in [0, 0.1) is 6.92 Å². The normalized spacial score (nSPS) is 11.5. The number of H-pyrrole nitrogens is 1. The van der Waals surface area contributed by atoms with Gasteiger partial charge in [-0.15, -0.1) is 0 Å². The van der Waals surface area contributed by atoms with Crippen molar-refractivity contribution in [1.29, 1.82) is 0 Å². The zero-order valence-electron chi connectivity index (χ0n) is 10.2. The van der Waals surface area contributed by atoms with Gasteiger partial charge < -0.3 is 5.43 Å². The van der Waals surface area contributed by atoms with E-state index in [9.17, 15) is 8.42 Å². The van der Waals surface area contributed by atoms with E-state index in [4.69, 9.17) is 5.84 Å². The summed E-state index contributed by atoms with van der Waals surface area (Å²) < 4.78 is 26.5. The molecule has 0 amide bonds. The molecule has 19 heavy (non-hydrogen) atoms. The summed E-state index contributed by atoms with van der Waals surface area (Å²) in [5.41, 5.74) is 3.94. The molecule has 102 valence electrons. The van der Waals surface area contributed by atoms with Crippen molar-refractivity contribution in [3.05, 3.63) is 35.8 Å². The number of hydrazine groups is 1. The number of aromatic nitrogens is 3. The molecule has 0 spiro atoms. The molecule has 8 nitrogen and oxygen atoms in total. The van der Waals surface area contributed by atoms with Crippen LogP contribution in [0.15, 0.2) is 29.4 Å². The molecule has 0 atom stereocenters. The van der Waals surface area contributed by atoms with Crippen LogP contribution in [0.5, 0.6) is 0 Å². The van der Waals surface area contributed by atoms with Gasteiger partial charge in [0.25, 0.3) is 0 Å². The molecule has 0 fully saturated rings. The topological polar surface area (TPSA) is 126 Å². The second-order valence-corrected chi connectivity index (χ2v) is 5.64. The summed E-state index contributed by atoms with van der Waals surface area (Å²) in [5.74, 6) is 5.55. The lowest BCUT2D eigenvalue weighted by atomic mass is 10.3. The predicted octanol–water partition coefficient (Wildman–Crippen LogP) is -0.123. The Labute approximate surface area is 110 Å². The van der Waals surface area contributed by atoms with Crippen molar-refractivity contribution in [3.8, 4) is 0 Å². The highest BCUT2D eigenvalue weighted by atomic mass is 32.2. The van der Waals surface area contributed by atoms with Crippen molar-refractivity contribution in [2.45, 2.75) is 18.4 Å². The number of hydrogen-bond acceptors (Lipinski definition) is 6. The first kappa shape index (κ1) is 13.5. The number of sulfonamides is 1. The molecule has 5 N–H and O–H groups in total. The Morgan fingerprint density at radius 1 is 1.37 bits per heavy atom. The van der Waals surface area contributed by atoms with Gasteiger partial charge in [-0.2, -0.15) is 5.10 Å². The van der Waals surface area contributed by atoms with Crippen molar-refractivity contribution >= 4 is 15.8 Å². The standard InChI is InChI=1S/C10H14N6O2S/c1-7-8(4-13-16-7)5-14-19(17,18)9-2-3-10(15-11)12-6-9/h2-4,6,14H,5,11H2,1H3,(H,12,15)(H,13,16). The summed E-state index contributed by atoms with van der Waals surface area (Å²) >= 11 is 0. The summed E-state index contributed by atoms with van der Waals surface area (Å²) in [5, 5.41) is 6.56. The highest BCUT2D eigenvalue weighted by molar-refractivity contribution is 7.89. The van der Waals surface area contributed by atoms with Gasteiger partial charge in [-0.3, -0.25) is 5.10 Å². The number of nitrogens with two attached hydrogens (primary N) is 1. The van der Waals surface area contributed by atoms with E-state index >= 15 is 0 Å². The molecule has 2 rings (SSSR count). The largest absolute Gasteiger partial charge is 0.308 e. The van der Waals surface area contributed by atoms with Crippen LogP contribution in [0.3, 0.4) is 0 Å². The average molecular weight is 282 g/mol. The van der Waals surface area contributed by atoms with E-state index in [1.165, 1.54) is 18.3 Å². The molecule has 0 aliphatic heterocycles. The Kier molecular flexibility index (Phi) is 3.79.